The van der Waals surface area contributed by atoms with Crippen molar-refractivity contribution in [3.8, 4) is 5.75 Å². The van der Waals surface area contributed by atoms with Crippen molar-refractivity contribution in [3.63, 3.8) is 0 Å². The summed E-state index contributed by atoms with van der Waals surface area (Å²) in [6, 6.07) is 6.80. The van der Waals surface area contributed by atoms with Gasteiger partial charge in [0.25, 0.3) is 0 Å². The van der Waals surface area contributed by atoms with E-state index >= 15 is 0 Å². The Bertz CT molecular complexity index is 442. The van der Waals surface area contributed by atoms with Crippen molar-refractivity contribution in [3.05, 3.63) is 29.8 Å². The summed E-state index contributed by atoms with van der Waals surface area (Å²) < 4.78 is 4.94. The third-order valence-corrected chi connectivity index (χ3v) is 3.69. The van der Waals surface area contributed by atoms with Crippen molar-refractivity contribution in [1.82, 2.24) is 0 Å². The van der Waals surface area contributed by atoms with Crippen LogP contribution in [0.15, 0.2) is 24.3 Å². The van der Waals surface area contributed by atoms with Crippen LogP contribution in [0.2, 0.25) is 0 Å². The SMILES string of the molecule is CC(=O)Oc1ccc(C(=O)CCC2CCCC2)cc1. The average Bonchev–Trinajstić information content (AvgIpc) is 2.89. The zero-order valence-corrected chi connectivity index (χ0v) is 11.4. The van der Waals surface area contributed by atoms with Crippen LogP contribution in [-0.4, -0.2) is 11.8 Å². The third-order valence-electron chi connectivity index (χ3n) is 3.69. The molecule has 0 bridgehead atoms. The van der Waals surface area contributed by atoms with Crippen LogP contribution in [0.1, 0.15) is 55.8 Å². The second-order valence-electron chi connectivity index (χ2n) is 5.23. The Kier molecular flexibility index (Phi) is 4.72. The minimum Gasteiger partial charge on any atom is -0.427 e. The number of esters is 1. The summed E-state index contributed by atoms with van der Waals surface area (Å²) in [7, 11) is 0. The molecule has 0 spiro atoms. The van der Waals surface area contributed by atoms with Crippen molar-refractivity contribution >= 4 is 11.8 Å². The first-order chi connectivity index (χ1) is 9.15. The zero-order valence-electron chi connectivity index (χ0n) is 11.4. The predicted octanol–water partition coefficient (Wildman–Crippen LogP) is 3.77. The number of rotatable bonds is 5. The summed E-state index contributed by atoms with van der Waals surface area (Å²) in [4.78, 5) is 22.8. The molecule has 0 N–H and O–H groups in total. The monoisotopic (exact) mass is 260 g/mol. The molecule has 3 heteroatoms. The molecule has 2 rings (SSSR count). The van der Waals surface area contributed by atoms with E-state index in [1.54, 1.807) is 24.3 Å². The van der Waals surface area contributed by atoms with Gasteiger partial charge in [-0.05, 0) is 36.6 Å². The lowest BCUT2D eigenvalue weighted by Crippen LogP contribution is -2.04. The van der Waals surface area contributed by atoms with Gasteiger partial charge in [-0.3, -0.25) is 9.59 Å². The Morgan fingerprint density at radius 2 is 1.79 bits per heavy atom. The molecule has 1 aliphatic rings. The van der Waals surface area contributed by atoms with Crippen LogP contribution < -0.4 is 4.74 Å². The van der Waals surface area contributed by atoms with Gasteiger partial charge in [-0.15, -0.1) is 0 Å². The molecule has 0 radical (unpaired) electrons. The molecule has 0 saturated heterocycles. The van der Waals surface area contributed by atoms with Crippen LogP contribution in [0, 0.1) is 5.92 Å². The van der Waals surface area contributed by atoms with Crippen molar-refractivity contribution in [1.29, 1.82) is 0 Å². The lowest BCUT2D eigenvalue weighted by atomic mass is 9.97. The van der Waals surface area contributed by atoms with Gasteiger partial charge < -0.3 is 4.74 Å². The van der Waals surface area contributed by atoms with Crippen LogP contribution in [-0.2, 0) is 4.79 Å². The highest BCUT2D eigenvalue weighted by atomic mass is 16.5. The smallest absolute Gasteiger partial charge is 0.308 e. The number of hydrogen-bond acceptors (Lipinski definition) is 3. The minimum absolute atomic E-state index is 0.182. The van der Waals surface area contributed by atoms with Crippen LogP contribution in [0.4, 0.5) is 0 Å². The first-order valence-electron chi connectivity index (χ1n) is 6.97. The molecule has 0 amide bonds. The number of carbonyl (C=O) groups excluding carboxylic acids is 2. The van der Waals surface area contributed by atoms with Crippen LogP contribution in [0.3, 0.4) is 0 Å². The second-order valence-corrected chi connectivity index (χ2v) is 5.23. The van der Waals surface area contributed by atoms with Crippen LogP contribution in [0.25, 0.3) is 0 Å². The van der Waals surface area contributed by atoms with Gasteiger partial charge in [0.15, 0.2) is 5.78 Å². The average molecular weight is 260 g/mol. The lowest BCUT2D eigenvalue weighted by Gasteiger charge is -2.08. The fourth-order valence-electron chi connectivity index (χ4n) is 2.65. The lowest BCUT2D eigenvalue weighted by molar-refractivity contribution is -0.131. The van der Waals surface area contributed by atoms with E-state index in [-0.39, 0.29) is 11.8 Å². The molecule has 1 aromatic rings. The Labute approximate surface area is 114 Å². The first-order valence-corrected chi connectivity index (χ1v) is 6.97. The van der Waals surface area contributed by atoms with Gasteiger partial charge in [0.05, 0.1) is 0 Å². The topological polar surface area (TPSA) is 43.4 Å². The third kappa shape index (κ3) is 4.19. The molecule has 3 nitrogen and oxygen atoms in total. The number of carbonyl (C=O) groups is 2. The Balaban J connectivity index is 1.86. The molecule has 1 saturated carbocycles. The van der Waals surface area contributed by atoms with Gasteiger partial charge in [0.1, 0.15) is 5.75 Å². The minimum atomic E-state index is -0.347. The predicted molar refractivity (Wildman–Crippen MR) is 73.3 cm³/mol. The highest BCUT2D eigenvalue weighted by molar-refractivity contribution is 5.96. The molecular formula is C16H20O3. The summed E-state index contributed by atoms with van der Waals surface area (Å²) in [6.07, 6.45) is 6.81. The maximum Gasteiger partial charge on any atom is 0.308 e. The second kappa shape index (κ2) is 6.50. The molecule has 0 aromatic heterocycles. The molecule has 102 valence electrons. The molecular weight excluding hydrogens is 240 g/mol. The standard InChI is InChI=1S/C16H20O3/c1-12(17)19-15-9-7-14(8-10-15)16(18)11-6-13-4-2-3-5-13/h7-10,13H,2-6,11H2,1H3. The Hall–Kier alpha value is -1.64. The number of benzene rings is 1. The van der Waals surface area contributed by atoms with Crippen molar-refractivity contribution < 1.29 is 14.3 Å². The van der Waals surface area contributed by atoms with Gasteiger partial charge >= 0.3 is 5.97 Å². The van der Waals surface area contributed by atoms with Crippen LogP contribution >= 0.6 is 0 Å². The Morgan fingerprint density at radius 1 is 1.16 bits per heavy atom. The number of ketones is 1. The van der Waals surface area contributed by atoms with Gasteiger partial charge in [-0.2, -0.15) is 0 Å². The molecule has 0 unspecified atom stereocenters. The summed E-state index contributed by atoms with van der Waals surface area (Å²) >= 11 is 0. The van der Waals surface area contributed by atoms with E-state index in [1.165, 1.54) is 32.6 Å². The van der Waals surface area contributed by atoms with Crippen molar-refractivity contribution in [2.45, 2.75) is 45.4 Å². The zero-order chi connectivity index (χ0) is 13.7. The van der Waals surface area contributed by atoms with Gasteiger partial charge in [0, 0.05) is 18.9 Å². The fraction of sp³-hybridized carbons (Fsp3) is 0.500. The highest BCUT2D eigenvalue weighted by Gasteiger charge is 2.16. The summed E-state index contributed by atoms with van der Waals surface area (Å²) in [5, 5.41) is 0. The van der Waals surface area contributed by atoms with Gasteiger partial charge in [0.2, 0.25) is 0 Å². The molecule has 1 fully saturated rings. The first kappa shape index (κ1) is 13.8. The molecule has 0 aliphatic heterocycles. The van der Waals surface area contributed by atoms with E-state index in [0.717, 1.165) is 12.3 Å². The largest absolute Gasteiger partial charge is 0.427 e. The molecule has 19 heavy (non-hydrogen) atoms. The maximum absolute atomic E-state index is 12.0. The summed E-state index contributed by atoms with van der Waals surface area (Å²) in [5.74, 6) is 1.06. The summed E-state index contributed by atoms with van der Waals surface area (Å²) in [5.41, 5.74) is 0.703. The number of ether oxygens (including phenoxy) is 1. The Morgan fingerprint density at radius 3 is 2.37 bits per heavy atom. The van der Waals surface area contributed by atoms with E-state index in [0.29, 0.717) is 17.7 Å². The van der Waals surface area contributed by atoms with Crippen LogP contribution in [0.5, 0.6) is 5.75 Å². The molecule has 1 aliphatic carbocycles. The molecule has 1 aromatic carbocycles. The van der Waals surface area contributed by atoms with Crippen molar-refractivity contribution in [2.24, 2.45) is 5.92 Å². The van der Waals surface area contributed by atoms with E-state index in [9.17, 15) is 9.59 Å². The molecule has 0 atom stereocenters. The van der Waals surface area contributed by atoms with Gasteiger partial charge in [-0.1, -0.05) is 25.7 Å². The normalized spacial score (nSPS) is 15.4. The number of hydrogen-bond donors (Lipinski definition) is 0. The maximum atomic E-state index is 12.0. The van der Waals surface area contributed by atoms with Crippen molar-refractivity contribution in [2.75, 3.05) is 0 Å². The fourth-order valence-corrected chi connectivity index (χ4v) is 2.65. The highest BCUT2D eigenvalue weighted by Crippen LogP contribution is 2.29. The van der Waals surface area contributed by atoms with E-state index < -0.39 is 0 Å². The van der Waals surface area contributed by atoms with E-state index in [2.05, 4.69) is 0 Å². The van der Waals surface area contributed by atoms with E-state index in [1.807, 2.05) is 0 Å². The van der Waals surface area contributed by atoms with E-state index in [4.69, 9.17) is 4.74 Å². The van der Waals surface area contributed by atoms with Gasteiger partial charge in [-0.25, -0.2) is 0 Å². The quantitative estimate of drug-likeness (QED) is 0.460. The number of Topliss-reactive ketones (excluding diaryl/α,β-unsaturated/α-hetero) is 1. The molecule has 0 heterocycles. The summed E-state index contributed by atoms with van der Waals surface area (Å²) in [6.45, 7) is 1.36.